The average molecular weight is 1580 g/mol. The van der Waals surface area contributed by atoms with Crippen molar-refractivity contribution in [3.8, 4) is 0 Å². The van der Waals surface area contributed by atoms with Gasteiger partial charge in [0.2, 0.25) is 0 Å². The zero-order chi connectivity index (χ0) is 65.7. The summed E-state index contributed by atoms with van der Waals surface area (Å²) in [6, 6.07) is 4.54. The van der Waals surface area contributed by atoms with Gasteiger partial charge in [-0.05, 0) is 143 Å². The van der Waals surface area contributed by atoms with E-state index in [4.69, 9.17) is 49.4 Å². The Kier molecular flexibility index (Phi) is 48.3. The molecule has 0 aromatic carbocycles. The van der Waals surface area contributed by atoms with Gasteiger partial charge < -0.3 is 49.4 Å². The Morgan fingerprint density at radius 2 is 0.250 bits per heavy atom. The van der Waals surface area contributed by atoms with Gasteiger partial charge in [-0.1, -0.05) is 209 Å². The van der Waals surface area contributed by atoms with Crippen LogP contribution in [-0.2, 0) is 49.4 Å². The van der Waals surface area contributed by atoms with Gasteiger partial charge in [-0.15, -0.1) is 0 Å². The first-order valence-corrected chi connectivity index (χ1v) is 62.7. The zero-order valence-corrected chi connectivity index (χ0v) is 74.3. The predicted molar refractivity (Wildman–Crippen MR) is 429 cm³/mol. The monoisotopic (exact) mass is 1580 g/mol. The lowest BCUT2D eigenvalue weighted by Crippen LogP contribution is -2.88. The molecule has 0 aromatic rings. The summed E-state index contributed by atoms with van der Waals surface area (Å²) in [6.45, 7) is 18.4. The van der Waals surface area contributed by atoms with Crippen LogP contribution in [0.5, 0.6) is 0 Å². The summed E-state index contributed by atoms with van der Waals surface area (Å²) >= 11 is 16.1. The first-order valence-electron chi connectivity index (χ1n) is 38.0. The highest BCUT2D eigenvalue weighted by molar-refractivity contribution is 8.00. The highest BCUT2D eigenvalue weighted by Crippen LogP contribution is 2.55. The minimum Gasteiger partial charge on any atom is -0.373 e. The number of hydrogen-bond donors (Lipinski definition) is 0. The summed E-state index contributed by atoms with van der Waals surface area (Å²) in [7, 11) is -32.4. The van der Waals surface area contributed by atoms with E-state index in [1.807, 2.05) is 94.1 Å². The Bertz CT molecular complexity index is 1390. The summed E-state index contributed by atoms with van der Waals surface area (Å²) in [5, 5.41) is 0. The summed E-state index contributed by atoms with van der Waals surface area (Å²) in [5.74, 6) is 15.1. The van der Waals surface area contributed by atoms with Crippen molar-refractivity contribution in [3.63, 3.8) is 0 Å². The molecule has 0 aromatic heterocycles. The molecule has 6 saturated heterocycles. The quantitative estimate of drug-likeness (QED) is 0.0425. The summed E-state index contributed by atoms with van der Waals surface area (Å²) in [5.41, 5.74) is 0. The third kappa shape index (κ3) is 33.4. The second-order valence-corrected chi connectivity index (χ2v) is 60.6. The average Bonchev–Trinajstić information content (AvgIpc) is 0.690. The van der Waals surface area contributed by atoms with Crippen LogP contribution < -0.4 is 0 Å². The van der Waals surface area contributed by atoms with E-state index in [0.717, 1.165) is 92.0 Å². The first kappa shape index (κ1) is 86.7. The third-order valence-electron chi connectivity index (χ3n) is 17.3. The van der Waals surface area contributed by atoms with Crippen LogP contribution in [0, 0.1) is 0 Å². The van der Waals surface area contributed by atoms with E-state index in [9.17, 15) is 0 Å². The second kappa shape index (κ2) is 51.3. The second-order valence-electron chi connectivity index (χ2n) is 26.1. The van der Waals surface area contributed by atoms with Crippen molar-refractivity contribution < 1.29 is 49.4 Å². The molecule has 0 aliphatic carbocycles. The standard InChI is InChI=1S/C64H136O12S8Si8/c1-9-17-25-33-41-77-49-57-85-65-86(58-50-78-42-34-26-18-10-2)68-89(61-53-81-45-37-29-21-13-5)70-87(66-85,59-51-79-43-35-27-19-11-3)72-91(63-55-83-47-39-31-23-15-7)73-88(67-85,60-52-80-44-36-28-20-12-4)71-90(69-86,62-54-82-46-38-30-22-14-6)75-92(74-89,76-91)64-56-84-48-40-32-24-16-8/h9-64H2,1-8H3. The smallest absolute Gasteiger partial charge is 0.373 e. The topological polar surface area (TPSA) is 111 Å². The lowest BCUT2D eigenvalue weighted by molar-refractivity contribution is -0.0279. The molecule has 0 atom stereocenters. The van der Waals surface area contributed by atoms with Crippen LogP contribution in [0.1, 0.15) is 261 Å². The SMILES string of the molecule is CCCCCCSCC[Si]12O[Si]3(CCSCCCCCC)O[Si]4(CCSCCCCCC)O[Si](CCSCCCCCC)(O1)O[Si]1(CCSCCCCCC)O[Si](CCSCCCCCC)(O2)O[Si](CCSCCCCCC)(O3)O[Si](CCSCCCCCC)(O4)O1. The van der Waals surface area contributed by atoms with E-state index in [1.54, 1.807) is 0 Å². The van der Waals surface area contributed by atoms with Gasteiger partial charge in [0.25, 0.3) is 0 Å². The fourth-order valence-corrected chi connectivity index (χ4v) is 75.1. The van der Waals surface area contributed by atoms with Crippen LogP contribution in [-0.4, -0.2) is 162 Å². The van der Waals surface area contributed by atoms with Crippen molar-refractivity contribution in [1.82, 2.24) is 0 Å². The van der Waals surface area contributed by atoms with Crippen LogP contribution in [0.4, 0.5) is 0 Å². The van der Waals surface area contributed by atoms with E-state index in [1.165, 1.54) is 205 Å². The van der Waals surface area contributed by atoms with Crippen molar-refractivity contribution in [2.24, 2.45) is 0 Å². The largest absolute Gasteiger partial charge is 0.479 e. The van der Waals surface area contributed by atoms with Crippen LogP contribution in [0.3, 0.4) is 0 Å². The highest BCUT2D eigenvalue weighted by atomic mass is 32.2. The van der Waals surface area contributed by atoms with Gasteiger partial charge in [0, 0.05) is 48.4 Å². The number of rotatable bonds is 64. The summed E-state index contributed by atoms with van der Waals surface area (Å²) < 4.78 is 101. The Morgan fingerprint density at radius 3 is 0.348 bits per heavy atom. The molecule has 544 valence electrons. The van der Waals surface area contributed by atoms with Crippen molar-refractivity contribution in [2.75, 3.05) is 92.0 Å². The lowest BCUT2D eigenvalue weighted by Gasteiger charge is -2.63. The van der Waals surface area contributed by atoms with Crippen LogP contribution in [0.15, 0.2) is 0 Å². The van der Waals surface area contributed by atoms with Gasteiger partial charge >= 0.3 is 70.4 Å². The molecule has 8 bridgehead atoms. The van der Waals surface area contributed by atoms with Gasteiger partial charge in [-0.25, -0.2) is 0 Å². The van der Waals surface area contributed by atoms with E-state index in [-0.39, 0.29) is 0 Å². The van der Waals surface area contributed by atoms with Gasteiger partial charge in [-0.3, -0.25) is 0 Å². The van der Waals surface area contributed by atoms with Crippen LogP contribution >= 0.6 is 94.1 Å². The van der Waals surface area contributed by atoms with Crippen molar-refractivity contribution in [3.05, 3.63) is 0 Å². The molecule has 6 heterocycles. The van der Waals surface area contributed by atoms with Gasteiger partial charge in [0.15, 0.2) is 0 Å². The molecule has 92 heavy (non-hydrogen) atoms. The normalized spacial score (nSPS) is 28.4. The van der Waals surface area contributed by atoms with Crippen molar-refractivity contribution >= 4 is 165 Å². The Labute approximate surface area is 609 Å². The molecular weight excluding hydrogens is 1440 g/mol. The minimum atomic E-state index is -4.05. The molecule has 0 saturated carbocycles. The predicted octanol–water partition coefficient (Wildman–Crippen LogP) is 22.3. The van der Waals surface area contributed by atoms with Crippen LogP contribution in [0.25, 0.3) is 0 Å². The zero-order valence-electron chi connectivity index (χ0n) is 59.8. The fourth-order valence-electron chi connectivity index (χ4n) is 12.0. The Morgan fingerprint density at radius 1 is 0.141 bits per heavy atom. The molecule has 0 amide bonds. The maximum Gasteiger partial charge on any atom is 0.479 e. The van der Waals surface area contributed by atoms with Crippen molar-refractivity contribution in [2.45, 2.75) is 309 Å². The molecule has 6 aliphatic heterocycles. The summed E-state index contributed by atoms with van der Waals surface area (Å²) in [6.07, 6.45) is 39.3. The number of hydrogen-bond acceptors (Lipinski definition) is 20. The molecular formula is C64H136O12S8Si8. The molecule has 12 nitrogen and oxygen atoms in total. The van der Waals surface area contributed by atoms with E-state index in [0.29, 0.717) is 48.4 Å². The molecule has 0 N–H and O–H groups in total. The third-order valence-corrected chi connectivity index (χ3v) is 65.5. The molecule has 6 aliphatic rings. The van der Waals surface area contributed by atoms with E-state index >= 15 is 0 Å². The van der Waals surface area contributed by atoms with Gasteiger partial charge in [0.1, 0.15) is 0 Å². The minimum absolute atomic E-state index is 0.567. The Balaban J connectivity index is 1.82. The molecule has 6 rings (SSSR count). The first-order chi connectivity index (χ1) is 45.0. The Hall–Kier alpha value is 4.06. The number of unbranched alkanes of at least 4 members (excludes halogenated alkanes) is 24. The fraction of sp³-hybridized carbons (Fsp3) is 1.00. The van der Waals surface area contributed by atoms with Gasteiger partial charge in [-0.2, -0.15) is 94.1 Å². The van der Waals surface area contributed by atoms with Gasteiger partial charge in [0.05, 0.1) is 0 Å². The molecule has 0 spiro atoms. The molecule has 28 heteroatoms. The molecule has 0 radical (unpaired) electrons. The number of thioether (sulfide) groups is 8. The maximum atomic E-state index is 8.44. The molecule has 0 unspecified atom stereocenters. The van der Waals surface area contributed by atoms with E-state index in [2.05, 4.69) is 55.4 Å². The van der Waals surface area contributed by atoms with Crippen molar-refractivity contribution in [1.29, 1.82) is 0 Å². The van der Waals surface area contributed by atoms with Crippen LogP contribution in [0.2, 0.25) is 48.4 Å². The lowest BCUT2D eigenvalue weighted by atomic mass is 10.2. The molecule has 6 fully saturated rings. The highest BCUT2D eigenvalue weighted by Gasteiger charge is 2.83. The maximum absolute atomic E-state index is 8.44. The van der Waals surface area contributed by atoms with E-state index < -0.39 is 70.4 Å². The summed E-state index contributed by atoms with van der Waals surface area (Å²) in [4.78, 5) is 0.